The maximum absolute atomic E-state index is 13.7. The fourth-order valence-corrected chi connectivity index (χ4v) is 8.09. The smallest absolute Gasteiger partial charge is 0.265 e. The molecule has 1 heterocycles. The van der Waals surface area contributed by atoms with Gasteiger partial charge < -0.3 is 0 Å². The van der Waals surface area contributed by atoms with E-state index in [1.807, 2.05) is 20.8 Å². The topological polar surface area (TPSA) is 124 Å². The molecule has 9 nitrogen and oxygen atoms in total. The Morgan fingerprint density at radius 1 is 0.667 bits per heavy atom. The van der Waals surface area contributed by atoms with Gasteiger partial charge in [0.1, 0.15) is 0 Å². The van der Waals surface area contributed by atoms with E-state index < -0.39 is 54.9 Å². The maximum Gasteiger partial charge on any atom is 0.297 e. The lowest BCUT2D eigenvalue weighted by atomic mass is 10.0. The Hall–Kier alpha value is -2.61. The normalized spacial score (nSPS) is 20.8. The zero-order valence-corrected chi connectivity index (χ0v) is 24.5. The standard InChI is InChI=1S/C27H31NO8S3/c1-19-5-11-23(12-6-19)37(29,30)28-17-27(36-39(33,34)25-15-9-21(3)10-16-25)22(4)26(28)18-35-38(31,32)24-13-7-20(2)8-14-24/h5-16,22,26-27H,17-18H2,1-4H3/t22-,26+,27-/m1/s1. The lowest BCUT2D eigenvalue weighted by Gasteiger charge is -2.25. The molecule has 0 N–H and O–H groups in total. The van der Waals surface area contributed by atoms with E-state index in [0.717, 1.165) is 21.0 Å². The first-order chi connectivity index (χ1) is 18.2. The molecule has 0 aliphatic carbocycles. The highest BCUT2D eigenvalue weighted by Crippen LogP contribution is 2.35. The Morgan fingerprint density at radius 2 is 1.08 bits per heavy atom. The Labute approximate surface area is 230 Å². The van der Waals surface area contributed by atoms with Gasteiger partial charge in [-0.05, 0) is 57.2 Å². The molecule has 0 saturated carbocycles. The van der Waals surface area contributed by atoms with E-state index in [0.29, 0.717) is 0 Å². The van der Waals surface area contributed by atoms with E-state index >= 15 is 0 Å². The maximum atomic E-state index is 13.7. The SMILES string of the molecule is Cc1ccc(S(=O)(=O)OC[C@H]2[C@@H](C)[C@H](OS(=O)(=O)c3ccc(C)cc3)CN2S(=O)(=O)c2ccc(C)cc2)cc1. The molecule has 1 saturated heterocycles. The molecular formula is C27H31NO8S3. The van der Waals surface area contributed by atoms with Crippen molar-refractivity contribution in [3.8, 4) is 0 Å². The summed E-state index contributed by atoms with van der Waals surface area (Å²) in [5.41, 5.74) is 2.59. The van der Waals surface area contributed by atoms with Gasteiger partial charge in [0.05, 0.1) is 33.4 Å². The van der Waals surface area contributed by atoms with Crippen molar-refractivity contribution < 1.29 is 33.6 Å². The molecular weight excluding hydrogens is 562 g/mol. The van der Waals surface area contributed by atoms with Crippen LogP contribution in [-0.2, 0) is 38.6 Å². The summed E-state index contributed by atoms with van der Waals surface area (Å²) in [5.74, 6) is -0.723. The predicted molar refractivity (Wildman–Crippen MR) is 146 cm³/mol. The van der Waals surface area contributed by atoms with Crippen LogP contribution in [0.15, 0.2) is 87.5 Å². The summed E-state index contributed by atoms with van der Waals surface area (Å²) >= 11 is 0. The average molecular weight is 594 g/mol. The molecule has 0 amide bonds. The highest BCUT2D eigenvalue weighted by atomic mass is 32.2. The average Bonchev–Trinajstić information content (AvgIpc) is 3.18. The first-order valence-corrected chi connectivity index (χ1v) is 16.5. The second-order valence-corrected chi connectivity index (χ2v) is 14.8. The van der Waals surface area contributed by atoms with Gasteiger partial charge in [-0.2, -0.15) is 21.1 Å². The van der Waals surface area contributed by atoms with Gasteiger partial charge in [-0.3, -0.25) is 8.37 Å². The van der Waals surface area contributed by atoms with Crippen molar-refractivity contribution in [1.82, 2.24) is 4.31 Å². The van der Waals surface area contributed by atoms with Crippen LogP contribution < -0.4 is 0 Å². The van der Waals surface area contributed by atoms with Crippen LogP contribution in [0.25, 0.3) is 0 Å². The number of aryl methyl sites for hydroxylation is 3. The summed E-state index contributed by atoms with van der Waals surface area (Å²) in [6.07, 6.45) is -1.08. The summed E-state index contributed by atoms with van der Waals surface area (Å²) in [4.78, 5) is -0.134. The molecule has 1 fully saturated rings. The molecule has 3 aromatic carbocycles. The zero-order valence-electron chi connectivity index (χ0n) is 22.0. The van der Waals surface area contributed by atoms with Crippen molar-refractivity contribution in [2.75, 3.05) is 13.2 Å². The number of nitrogens with zero attached hydrogens (tertiary/aromatic N) is 1. The molecule has 0 aromatic heterocycles. The number of hydrogen-bond donors (Lipinski definition) is 0. The van der Waals surface area contributed by atoms with Crippen LogP contribution in [0.1, 0.15) is 23.6 Å². The predicted octanol–water partition coefficient (Wildman–Crippen LogP) is 3.80. The van der Waals surface area contributed by atoms with Crippen molar-refractivity contribution in [3.05, 3.63) is 89.5 Å². The Balaban J connectivity index is 1.65. The molecule has 210 valence electrons. The molecule has 4 rings (SSSR count). The van der Waals surface area contributed by atoms with E-state index in [9.17, 15) is 25.3 Å². The van der Waals surface area contributed by atoms with Gasteiger partial charge in [0.2, 0.25) is 10.0 Å². The fourth-order valence-electron chi connectivity index (χ4n) is 4.32. The molecule has 0 unspecified atom stereocenters. The molecule has 12 heteroatoms. The number of rotatable bonds is 9. The van der Waals surface area contributed by atoms with Crippen LogP contribution in [0.3, 0.4) is 0 Å². The minimum atomic E-state index is -4.23. The summed E-state index contributed by atoms with van der Waals surface area (Å²) in [7, 11) is -12.6. The highest BCUT2D eigenvalue weighted by Gasteiger charge is 2.48. The monoisotopic (exact) mass is 593 g/mol. The van der Waals surface area contributed by atoms with Gasteiger partial charge in [-0.15, -0.1) is 0 Å². The van der Waals surface area contributed by atoms with Gasteiger partial charge in [-0.25, -0.2) is 8.42 Å². The third kappa shape index (κ3) is 6.42. The zero-order chi connectivity index (χ0) is 28.6. The molecule has 3 atom stereocenters. The van der Waals surface area contributed by atoms with Crippen LogP contribution in [-0.4, -0.2) is 54.9 Å². The lowest BCUT2D eigenvalue weighted by molar-refractivity contribution is 0.164. The quantitative estimate of drug-likeness (QED) is 0.343. The summed E-state index contributed by atoms with van der Waals surface area (Å²) in [6, 6.07) is 17.4. The van der Waals surface area contributed by atoms with Crippen LogP contribution in [0.5, 0.6) is 0 Å². The number of hydrogen-bond acceptors (Lipinski definition) is 8. The third-order valence-electron chi connectivity index (χ3n) is 6.81. The highest BCUT2D eigenvalue weighted by molar-refractivity contribution is 7.89. The van der Waals surface area contributed by atoms with E-state index in [4.69, 9.17) is 8.37 Å². The molecule has 39 heavy (non-hydrogen) atoms. The first-order valence-electron chi connectivity index (χ1n) is 12.3. The molecule has 0 bridgehead atoms. The third-order valence-corrected chi connectivity index (χ3v) is 11.4. The van der Waals surface area contributed by atoms with Gasteiger partial charge >= 0.3 is 0 Å². The minimum absolute atomic E-state index is 0.00580. The molecule has 3 aromatic rings. The summed E-state index contributed by atoms with van der Waals surface area (Å²) in [6.45, 7) is 6.25. The van der Waals surface area contributed by atoms with Crippen molar-refractivity contribution in [3.63, 3.8) is 0 Å². The van der Waals surface area contributed by atoms with Gasteiger partial charge in [0.25, 0.3) is 20.2 Å². The molecule has 0 radical (unpaired) electrons. The summed E-state index contributed by atoms with van der Waals surface area (Å²) in [5, 5.41) is 0. The molecule has 1 aliphatic heterocycles. The second kappa shape index (κ2) is 11.1. The lowest BCUT2D eigenvalue weighted by Crippen LogP contribution is -2.40. The molecule has 0 spiro atoms. The number of sulfonamides is 1. The minimum Gasteiger partial charge on any atom is -0.265 e. The van der Waals surface area contributed by atoms with Crippen LogP contribution >= 0.6 is 0 Å². The second-order valence-electron chi connectivity index (χ2n) is 9.77. The Kier molecular flexibility index (Phi) is 8.36. The first kappa shape index (κ1) is 29.4. The van der Waals surface area contributed by atoms with E-state index in [1.165, 1.54) is 36.4 Å². The van der Waals surface area contributed by atoms with Crippen LogP contribution in [0, 0.1) is 26.7 Å². The van der Waals surface area contributed by atoms with E-state index in [-0.39, 0.29) is 21.2 Å². The van der Waals surface area contributed by atoms with Crippen molar-refractivity contribution in [2.45, 2.75) is 54.5 Å². The number of benzene rings is 3. The van der Waals surface area contributed by atoms with E-state index in [2.05, 4.69) is 0 Å². The summed E-state index contributed by atoms with van der Waals surface area (Å²) < 4.78 is 91.1. The van der Waals surface area contributed by atoms with Crippen LogP contribution in [0.2, 0.25) is 0 Å². The van der Waals surface area contributed by atoms with Gasteiger partial charge in [0, 0.05) is 12.5 Å². The Bertz CT molecular complexity index is 1630. The van der Waals surface area contributed by atoms with Gasteiger partial charge in [0.15, 0.2) is 0 Å². The van der Waals surface area contributed by atoms with Gasteiger partial charge in [-0.1, -0.05) is 60.0 Å². The largest absolute Gasteiger partial charge is 0.297 e. The fraction of sp³-hybridized carbons (Fsp3) is 0.333. The van der Waals surface area contributed by atoms with Crippen molar-refractivity contribution >= 4 is 30.3 Å². The molecule has 1 aliphatic rings. The van der Waals surface area contributed by atoms with Crippen LogP contribution in [0.4, 0.5) is 0 Å². The van der Waals surface area contributed by atoms with Crippen molar-refractivity contribution in [2.24, 2.45) is 5.92 Å². The van der Waals surface area contributed by atoms with Crippen molar-refractivity contribution in [1.29, 1.82) is 0 Å². The Morgan fingerprint density at radius 3 is 1.54 bits per heavy atom. The van der Waals surface area contributed by atoms with E-state index in [1.54, 1.807) is 43.3 Å².